The molecule has 0 amide bonds. The molecule has 1 aromatic carbocycles. The van der Waals surface area contributed by atoms with Gasteiger partial charge in [0.05, 0.1) is 16.8 Å². The van der Waals surface area contributed by atoms with E-state index >= 15 is 0 Å². The first kappa shape index (κ1) is 16.1. The molecular weight excluding hydrogens is 320 g/mol. The van der Waals surface area contributed by atoms with Crippen molar-refractivity contribution in [2.24, 2.45) is 0 Å². The Morgan fingerprint density at radius 3 is 2.00 bits per heavy atom. The molecule has 1 N–H and O–H groups in total. The number of anilines is 1. The van der Waals surface area contributed by atoms with Crippen LogP contribution in [0.4, 0.5) is 32.0 Å². The second kappa shape index (κ2) is 5.20. The van der Waals surface area contributed by atoms with Crippen molar-refractivity contribution in [1.29, 1.82) is 0 Å². The van der Waals surface area contributed by atoms with Crippen LogP contribution >= 0.6 is 0 Å². The molecule has 120 valence electrons. The summed E-state index contributed by atoms with van der Waals surface area (Å²) in [6, 6.07) is 3.04. The standard InChI is InChI=1S/C12H7F6NO3/c13-11(14,15)6-1-3-7(4-2-6)19-5-8(10(20)21)9(22-19)12(16,17)18/h1-5,9H,(H,20,21). The van der Waals surface area contributed by atoms with Crippen molar-refractivity contribution in [3.63, 3.8) is 0 Å². The summed E-state index contributed by atoms with van der Waals surface area (Å²) >= 11 is 0. The van der Waals surface area contributed by atoms with Crippen molar-refractivity contribution in [3.05, 3.63) is 41.6 Å². The summed E-state index contributed by atoms with van der Waals surface area (Å²) in [5, 5.41) is 9.21. The summed E-state index contributed by atoms with van der Waals surface area (Å²) in [7, 11) is 0. The number of benzene rings is 1. The van der Waals surface area contributed by atoms with Gasteiger partial charge < -0.3 is 5.11 Å². The van der Waals surface area contributed by atoms with E-state index in [0.29, 0.717) is 23.4 Å². The van der Waals surface area contributed by atoms with Crippen LogP contribution in [0.5, 0.6) is 0 Å². The molecule has 1 atom stereocenters. The van der Waals surface area contributed by atoms with Gasteiger partial charge in [-0.3, -0.25) is 4.84 Å². The van der Waals surface area contributed by atoms with Gasteiger partial charge in [-0.1, -0.05) is 0 Å². The Hall–Kier alpha value is -2.23. The minimum Gasteiger partial charge on any atom is -0.478 e. The number of rotatable bonds is 2. The van der Waals surface area contributed by atoms with Gasteiger partial charge in [0, 0.05) is 6.20 Å². The Kier molecular flexibility index (Phi) is 3.81. The molecule has 0 saturated heterocycles. The summed E-state index contributed by atoms with van der Waals surface area (Å²) in [4.78, 5) is 15.3. The fourth-order valence-corrected chi connectivity index (χ4v) is 1.73. The van der Waals surface area contributed by atoms with Gasteiger partial charge in [0.15, 0.2) is 0 Å². The number of alkyl halides is 6. The molecule has 0 aliphatic carbocycles. The highest BCUT2D eigenvalue weighted by molar-refractivity contribution is 5.89. The van der Waals surface area contributed by atoms with E-state index in [-0.39, 0.29) is 5.69 Å². The van der Waals surface area contributed by atoms with Gasteiger partial charge in [-0.2, -0.15) is 26.3 Å². The Morgan fingerprint density at radius 1 is 1.09 bits per heavy atom. The van der Waals surface area contributed by atoms with Crippen LogP contribution in [0, 0.1) is 0 Å². The predicted octanol–water partition coefficient (Wildman–Crippen LogP) is 3.36. The number of aliphatic carboxylic acids is 1. The number of hydroxylamine groups is 1. The molecule has 1 aromatic rings. The lowest BCUT2D eigenvalue weighted by Gasteiger charge is -2.20. The van der Waals surface area contributed by atoms with Crippen LogP contribution in [0.3, 0.4) is 0 Å². The van der Waals surface area contributed by atoms with E-state index in [1.165, 1.54) is 0 Å². The van der Waals surface area contributed by atoms with Crippen LogP contribution in [0.2, 0.25) is 0 Å². The Balaban J connectivity index is 2.29. The largest absolute Gasteiger partial charge is 0.478 e. The fourth-order valence-electron chi connectivity index (χ4n) is 1.73. The highest BCUT2D eigenvalue weighted by Gasteiger charge is 2.50. The maximum atomic E-state index is 12.7. The molecule has 0 fully saturated rings. The van der Waals surface area contributed by atoms with Crippen LogP contribution in [-0.2, 0) is 15.8 Å². The van der Waals surface area contributed by atoms with Crippen LogP contribution in [-0.4, -0.2) is 23.4 Å². The SMILES string of the molecule is O=C(O)C1=CN(c2ccc(C(F)(F)F)cc2)OC1C(F)(F)F. The molecule has 1 heterocycles. The van der Waals surface area contributed by atoms with Gasteiger partial charge >= 0.3 is 18.3 Å². The molecular formula is C12H7F6NO3. The molecule has 1 unspecified atom stereocenters. The predicted molar refractivity (Wildman–Crippen MR) is 60.6 cm³/mol. The van der Waals surface area contributed by atoms with Crippen LogP contribution in [0.1, 0.15) is 5.56 Å². The average molecular weight is 327 g/mol. The highest BCUT2D eigenvalue weighted by Crippen LogP contribution is 2.36. The molecule has 4 nitrogen and oxygen atoms in total. The highest BCUT2D eigenvalue weighted by atomic mass is 19.4. The number of carbonyl (C=O) groups is 1. The van der Waals surface area contributed by atoms with Crippen LogP contribution in [0.25, 0.3) is 0 Å². The molecule has 2 rings (SSSR count). The molecule has 10 heteroatoms. The molecule has 0 bridgehead atoms. The zero-order valence-corrected chi connectivity index (χ0v) is 10.4. The first-order chi connectivity index (χ1) is 10.00. The van der Waals surface area contributed by atoms with Crippen molar-refractivity contribution >= 4 is 11.7 Å². The molecule has 0 saturated carbocycles. The third-order valence-corrected chi connectivity index (χ3v) is 2.75. The van der Waals surface area contributed by atoms with Crippen LogP contribution in [0.15, 0.2) is 36.0 Å². The third kappa shape index (κ3) is 3.16. The number of carboxylic acid groups (broad SMARTS) is 1. The number of carboxylic acids is 1. The molecule has 1 aliphatic rings. The van der Waals surface area contributed by atoms with E-state index < -0.39 is 35.6 Å². The zero-order chi connectivity index (χ0) is 16.7. The number of nitrogens with zero attached hydrogens (tertiary/aromatic N) is 1. The second-order valence-corrected chi connectivity index (χ2v) is 4.29. The number of halogens is 6. The molecule has 0 radical (unpaired) electrons. The lowest BCUT2D eigenvalue weighted by molar-refractivity contribution is -0.204. The topological polar surface area (TPSA) is 49.8 Å². The van der Waals surface area contributed by atoms with Crippen molar-refractivity contribution in [3.8, 4) is 0 Å². The van der Waals surface area contributed by atoms with Crippen molar-refractivity contribution < 1.29 is 41.1 Å². The van der Waals surface area contributed by atoms with E-state index in [1.807, 2.05) is 0 Å². The minimum atomic E-state index is -4.97. The van der Waals surface area contributed by atoms with Crippen molar-refractivity contribution in [1.82, 2.24) is 0 Å². The second-order valence-electron chi connectivity index (χ2n) is 4.29. The smallest absolute Gasteiger partial charge is 0.421 e. The molecule has 22 heavy (non-hydrogen) atoms. The Labute approximate surface area is 119 Å². The summed E-state index contributed by atoms with van der Waals surface area (Å²) in [6.07, 6.45) is -11.7. The van der Waals surface area contributed by atoms with E-state index in [4.69, 9.17) is 5.11 Å². The van der Waals surface area contributed by atoms with Gasteiger partial charge in [-0.05, 0) is 24.3 Å². The Morgan fingerprint density at radius 2 is 1.64 bits per heavy atom. The van der Waals surface area contributed by atoms with Crippen LogP contribution < -0.4 is 5.06 Å². The van der Waals surface area contributed by atoms with Gasteiger partial charge in [0.2, 0.25) is 6.10 Å². The van der Waals surface area contributed by atoms with E-state index in [9.17, 15) is 31.1 Å². The quantitative estimate of drug-likeness (QED) is 0.847. The van der Waals surface area contributed by atoms with E-state index in [2.05, 4.69) is 4.84 Å². The summed E-state index contributed by atoms with van der Waals surface area (Å²) in [5.74, 6) is -1.84. The fraction of sp³-hybridized carbons (Fsp3) is 0.250. The zero-order valence-electron chi connectivity index (χ0n) is 10.4. The Bertz CT molecular complexity index is 605. The minimum absolute atomic E-state index is 0.168. The summed E-state index contributed by atoms with van der Waals surface area (Å²) < 4.78 is 75.2. The first-order valence-electron chi connectivity index (χ1n) is 5.65. The van der Waals surface area contributed by atoms with Gasteiger partial charge in [-0.25, -0.2) is 9.86 Å². The van der Waals surface area contributed by atoms with Crippen molar-refractivity contribution in [2.75, 3.05) is 5.06 Å². The van der Waals surface area contributed by atoms with Crippen molar-refractivity contribution in [2.45, 2.75) is 18.5 Å². The maximum Gasteiger partial charge on any atom is 0.421 e. The number of hydrogen-bond acceptors (Lipinski definition) is 3. The monoisotopic (exact) mass is 327 g/mol. The lowest BCUT2D eigenvalue weighted by atomic mass is 10.1. The van der Waals surface area contributed by atoms with Gasteiger partial charge in [0.1, 0.15) is 0 Å². The summed E-state index contributed by atoms with van der Waals surface area (Å²) in [5.41, 5.74) is -2.23. The molecule has 0 spiro atoms. The summed E-state index contributed by atoms with van der Waals surface area (Å²) in [6.45, 7) is 0. The van der Waals surface area contributed by atoms with E-state index in [1.54, 1.807) is 0 Å². The van der Waals surface area contributed by atoms with Gasteiger partial charge in [0.25, 0.3) is 0 Å². The molecule has 0 aromatic heterocycles. The lowest BCUT2D eigenvalue weighted by Crippen LogP contribution is -2.35. The molecule has 1 aliphatic heterocycles. The average Bonchev–Trinajstić information content (AvgIpc) is 2.83. The number of hydrogen-bond donors (Lipinski definition) is 1. The normalized spacial score (nSPS) is 19.3. The third-order valence-electron chi connectivity index (χ3n) is 2.75. The first-order valence-corrected chi connectivity index (χ1v) is 5.65. The van der Waals surface area contributed by atoms with Gasteiger partial charge in [-0.15, -0.1) is 0 Å². The maximum absolute atomic E-state index is 12.7. The van der Waals surface area contributed by atoms with E-state index in [0.717, 1.165) is 12.1 Å².